The largest absolute Gasteiger partial charge is 0.370 e. The third-order valence-electron chi connectivity index (χ3n) is 4.30. The summed E-state index contributed by atoms with van der Waals surface area (Å²) in [6.07, 6.45) is 1.13. The van der Waals surface area contributed by atoms with Gasteiger partial charge in [-0.05, 0) is 34.9 Å². The van der Waals surface area contributed by atoms with Crippen LogP contribution >= 0.6 is 11.8 Å². The molecule has 0 bridgehead atoms. The lowest BCUT2D eigenvalue weighted by Crippen LogP contribution is -2.30. The van der Waals surface area contributed by atoms with Crippen LogP contribution in [-0.2, 0) is 5.75 Å². The van der Waals surface area contributed by atoms with Crippen LogP contribution in [0.15, 0.2) is 76.6 Å². The predicted molar refractivity (Wildman–Crippen MR) is 104 cm³/mol. The fraction of sp³-hybridized carbons (Fsp3) is 0.190. The lowest BCUT2D eigenvalue weighted by atomic mass is 10.1. The lowest BCUT2D eigenvalue weighted by Gasteiger charge is -2.14. The van der Waals surface area contributed by atoms with Crippen molar-refractivity contribution in [2.24, 2.45) is 4.99 Å². The van der Waals surface area contributed by atoms with Crippen LogP contribution in [0.5, 0.6) is 0 Å². The summed E-state index contributed by atoms with van der Waals surface area (Å²) in [5, 5.41) is 6.04. The van der Waals surface area contributed by atoms with Crippen molar-refractivity contribution in [1.82, 2.24) is 5.32 Å². The van der Waals surface area contributed by atoms with E-state index in [1.807, 2.05) is 11.8 Å². The van der Waals surface area contributed by atoms with Crippen LogP contribution in [0.3, 0.4) is 0 Å². The van der Waals surface area contributed by atoms with E-state index in [1.165, 1.54) is 26.8 Å². The van der Waals surface area contributed by atoms with Crippen LogP contribution in [-0.4, -0.2) is 18.9 Å². The van der Waals surface area contributed by atoms with Crippen LogP contribution in [0.1, 0.15) is 17.5 Å². The Kier molecular flexibility index (Phi) is 4.52. The number of amidine groups is 1. The maximum absolute atomic E-state index is 4.56. The molecule has 0 spiro atoms. The first kappa shape index (κ1) is 15.3. The molecule has 1 aliphatic rings. The summed E-state index contributed by atoms with van der Waals surface area (Å²) in [7, 11) is 0. The number of hydrogen-bond acceptors (Lipinski definition) is 3. The van der Waals surface area contributed by atoms with Gasteiger partial charge in [-0.2, -0.15) is 0 Å². The highest BCUT2D eigenvalue weighted by molar-refractivity contribution is 7.98. The summed E-state index contributed by atoms with van der Waals surface area (Å²) in [5.74, 6) is 2.02. The van der Waals surface area contributed by atoms with Crippen LogP contribution in [0, 0.1) is 0 Å². The van der Waals surface area contributed by atoms with Gasteiger partial charge in [-0.1, -0.05) is 54.6 Å². The van der Waals surface area contributed by atoms with Crippen molar-refractivity contribution in [2.75, 3.05) is 13.1 Å². The van der Waals surface area contributed by atoms with Gasteiger partial charge in [-0.25, -0.2) is 0 Å². The van der Waals surface area contributed by atoms with E-state index in [4.69, 9.17) is 0 Å². The van der Waals surface area contributed by atoms with Gasteiger partial charge in [0.2, 0.25) is 0 Å². The number of benzene rings is 3. The summed E-state index contributed by atoms with van der Waals surface area (Å²) in [6.45, 7) is 1.95. The highest BCUT2D eigenvalue weighted by Crippen LogP contribution is 2.27. The smallest absolute Gasteiger partial charge is 0.128 e. The molecule has 3 aromatic rings. The van der Waals surface area contributed by atoms with E-state index in [1.54, 1.807) is 0 Å². The van der Waals surface area contributed by atoms with Crippen molar-refractivity contribution in [1.29, 1.82) is 0 Å². The molecule has 24 heavy (non-hydrogen) atoms. The third kappa shape index (κ3) is 3.31. The van der Waals surface area contributed by atoms with E-state index in [2.05, 4.69) is 77.0 Å². The molecule has 0 unspecified atom stereocenters. The van der Waals surface area contributed by atoms with Crippen LogP contribution in [0.2, 0.25) is 0 Å². The van der Waals surface area contributed by atoms with Gasteiger partial charge in [0.1, 0.15) is 5.84 Å². The van der Waals surface area contributed by atoms with Crippen LogP contribution < -0.4 is 5.32 Å². The minimum Gasteiger partial charge on any atom is -0.370 e. The Balaban J connectivity index is 1.48. The molecule has 3 aromatic carbocycles. The number of nitrogens with zero attached hydrogens (tertiary/aromatic N) is 1. The number of thioether (sulfide) groups is 1. The zero-order chi connectivity index (χ0) is 16.2. The zero-order valence-corrected chi connectivity index (χ0v) is 14.4. The molecule has 1 aliphatic heterocycles. The molecule has 2 nitrogen and oxygen atoms in total. The summed E-state index contributed by atoms with van der Waals surface area (Å²) in [6, 6.07) is 23.9. The van der Waals surface area contributed by atoms with Crippen molar-refractivity contribution in [3.05, 3.63) is 77.9 Å². The molecule has 1 N–H and O–H groups in total. The number of aliphatic imine (C=N–C) groups is 1. The van der Waals surface area contributed by atoms with E-state index >= 15 is 0 Å². The standard InChI is InChI=1S/C21H20N2S/c1-2-8-20-16(5-1)6-3-7-18(20)15-24-19-11-9-17(10-12-19)21-22-13-4-14-23-21/h1-3,5-12H,4,13-15H2,(H,22,23). The highest BCUT2D eigenvalue weighted by atomic mass is 32.2. The normalized spacial score (nSPS) is 14.2. The van der Waals surface area contributed by atoms with E-state index < -0.39 is 0 Å². The number of hydrogen-bond donors (Lipinski definition) is 1. The molecule has 0 atom stereocenters. The molecule has 0 saturated carbocycles. The molecular formula is C21H20N2S. The Bertz CT molecular complexity index is 863. The van der Waals surface area contributed by atoms with E-state index in [-0.39, 0.29) is 0 Å². The van der Waals surface area contributed by atoms with Crippen LogP contribution in [0.4, 0.5) is 0 Å². The van der Waals surface area contributed by atoms with Crippen molar-refractivity contribution < 1.29 is 0 Å². The average Bonchev–Trinajstić information content (AvgIpc) is 2.67. The second-order valence-corrected chi connectivity index (χ2v) is 7.01. The molecule has 0 amide bonds. The molecule has 0 aliphatic carbocycles. The van der Waals surface area contributed by atoms with Gasteiger partial charge in [-0.3, -0.25) is 4.99 Å². The SMILES string of the molecule is c1ccc2c(CSc3ccc(C4=NCCCN4)cc3)cccc2c1. The first-order valence-electron chi connectivity index (χ1n) is 8.38. The number of fused-ring (bicyclic) bond motifs is 1. The van der Waals surface area contributed by atoms with Gasteiger partial charge in [0, 0.05) is 29.3 Å². The summed E-state index contributed by atoms with van der Waals surface area (Å²) in [5.41, 5.74) is 2.57. The number of rotatable bonds is 4. The van der Waals surface area contributed by atoms with Gasteiger partial charge in [0.15, 0.2) is 0 Å². The molecule has 0 aromatic heterocycles. The van der Waals surface area contributed by atoms with Crippen molar-refractivity contribution >= 4 is 28.4 Å². The Hall–Kier alpha value is -2.26. The van der Waals surface area contributed by atoms with E-state index in [0.717, 1.165) is 31.1 Å². The highest BCUT2D eigenvalue weighted by Gasteiger charge is 2.07. The molecule has 0 fully saturated rings. The quantitative estimate of drug-likeness (QED) is 0.689. The maximum atomic E-state index is 4.56. The lowest BCUT2D eigenvalue weighted by molar-refractivity contribution is 0.742. The molecular weight excluding hydrogens is 312 g/mol. The predicted octanol–water partition coefficient (Wildman–Crippen LogP) is 4.87. The molecule has 3 heteroatoms. The molecule has 4 rings (SSSR count). The van der Waals surface area contributed by atoms with Gasteiger partial charge >= 0.3 is 0 Å². The molecule has 120 valence electrons. The molecule has 0 radical (unpaired) electrons. The van der Waals surface area contributed by atoms with Crippen molar-refractivity contribution in [3.63, 3.8) is 0 Å². The monoisotopic (exact) mass is 332 g/mol. The Labute approximate surface area is 147 Å². The van der Waals surface area contributed by atoms with Gasteiger partial charge in [-0.15, -0.1) is 11.8 Å². The third-order valence-corrected chi connectivity index (χ3v) is 5.36. The van der Waals surface area contributed by atoms with Crippen molar-refractivity contribution in [3.8, 4) is 0 Å². The van der Waals surface area contributed by atoms with E-state index in [0.29, 0.717) is 0 Å². The Morgan fingerprint density at radius 3 is 2.58 bits per heavy atom. The van der Waals surface area contributed by atoms with E-state index in [9.17, 15) is 0 Å². The minimum absolute atomic E-state index is 0.930. The molecule has 1 heterocycles. The van der Waals surface area contributed by atoms with Gasteiger partial charge < -0.3 is 5.32 Å². The summed E-state index contributed by atoms with van der Waals surface area (Å²) >= 11 is 1.88. The Morgan fingerprint density at radius 1 is 0.917 bits per heavy atom. The summed E-state index contributed by atoms with van der Waals surface area (Å²) in [4.78, 5) is 5.85. The van der Waals surface area contributed by atoms with Gasteiger partial charge in [0.25, 0.3) is 0 Å². The minimum atomic E-state index is 0.930. The fourth-order valence-electron chi connectivity index (χ4n) is 3.01. The summed E-state index contributed by atoms with van der Waals surface area (Å²) < 4.78 is 0. The number of nitrogens with one attached hydrogen (secondary N) is 1. The maximum Gasteiger partial charge on any atom is 0.128 e. The average molecular weight is 332 g/mol. The zero-order valence-electron chi connectivity index (χ0n) is 13.5. The Morgan fingerprint density at radius 2 is 1.75 bits per heavy atom. The fourth-order valence-corrected chi connectivity index (χ4v) is 3.92. The first-order valence-corrected chi connectivity index (χ1v) is 9.37. The van der Waals surface area contributed by atoms with Crippen molar-refractivity contribution in [2.45, 2.75) is 17.1 Å². The second kappa shape index (κ2) is 7.10. The second-order valence-electron chi connectivity index (χ2n) is 5.96. The first-order chi connectivity index (χ1) is 11.9. The molecule has 0 saturated heterocycles. The topological polar surface area (TPSA) is 24.4 Å². The van der Waals surface area contributed by atoms with Gasteiger partial charge in [0.05, 0.1) is 0 Å². The van der Waals surface area contributed by atoms with Crippen LogP contribution in [0.25, 0.3) is 10.8 Å².